The minimum atomic E-state index is -0.989. The first kappa shape index (κ1) is 19.2. The van der Waals surface area contributed by atoms with E-state index in [1.807, 2.05) is 31.2 Å². The van der Waals surface area contributed by atoms with Crippen LogP contribution in [-0.2, 0) is 9.53 Å². The third-order valence-corrected chi connectivity index (χ3v) is 4.51. The number of anilines is 1. The molecule has 0 saturated heterocycles. The van der Waals surface area contributed by atoms with Crippen molar-refractivity contribution < 1.29 is 18.7 Å². The summed E-state index contributed by atoms with van der Waals surface area (Å²) in [5.74, 6) is -2.46. The molecule has 1 heterocycles. The fourth-order valence-electron chi connectivity index (χ4n) is 2.30. The topological polar surface area (TPSA) is 92.1 Å². The third-order valence-electron chi connectivity index (χ3n) is 3.75. The molecule has 0 bridgehead atoms. The molecule has 0 unspecified atom stereocenters. The monoisotopic (exact) mass is 395 g/mol. The van der Waals surface area contributed by atoms with E-state index in [2.05, 4.69) is 10.3 Å². The average molecular weight is 395 g/mol. The minimum Gasteiger partial charge on any atom is -0.452 e. The molecule has 1 N–H and O–H groups in total. The lowest BCUT2D eigenvalue weighted by molar-refractivity contribution is -0.119. The molecule has 3 aromatic rings. The lowest BCUT2D eigenvalue weighted by atomic mass is 10.1. The van der Waals surface area contributed by atoms with Gasteiger partial charge in [0.15, 0.2) is 11.7 Å². The summed E-state index contributed by atoms with van der Waals surface area (Å²) in [5, 5.41) is 13.4. The smallest absolute Gasteiger partial charge is 0.341 e. The highest BCUT2D eigenvalue weighted by Gasteiger charge is 2.16. The first-order chi connectivity index (χ1) is 13.5. The third kappa shape index (κ3) is 4.58. The van der Waals surface area contributed by atoms with Gasteiger partial charge in [-0.15, -0.1) is 11.3 Å². The van der Waals surface area contributed by atoms with E-state index in [0.29, 0.717) is 5.13 Å². The Hall–Kier alpha value is -3.57. The van der Waals surface area contributed by atoms with Crippen molar-refractivity contribution in [1.29, 1.82) is 5.26 Å². The summed E-state index contributed by atoms with van der Waals surface area (Å²) in [6, 6.07) is 12.9. The number of thiazole rings is 1. The summed E-state index contributed by atoms with van der Waals surface area (Å²) in [6.45, 7) is 1.40. The van der Waals surface area contributed by atoms with E-state index in [1.165, 1.54) is 17.4 Å². The van der Waals surface area contributed by atoms with Gasteiger partial charge in [-0.25, -0.2) is 14.2 Å². The number of nitrogens with zero attached hydrogens (tertiary/aromatic N) is 2. The summed E-state index contributed by atoms with van der Waals surface area (Å²) in [7, 11) is 0. The normalized spacial score (nSPS) is 10.2. The number of aromatic nitrogens is 1. The maximum absolute atomic E-state index is 13.8. The molecular weight excluding hydrogens is 381 g/mol. The molecule has 8 heteroatoms. The number of halogens is 1. The molecule has 1 amide bonds. The average Bonchev–Trinajstić information content (AvgIpc) is 3.15. The maximum atomic E-state index is 13.8. The predicted octanol–water partition coefficient (Wildman–Crippen LogP) is 3.92. The lowest BCUT2D eigenvalue weighted by Crippen LogP contribution is -2.21. The number of hydrogen-bond donors (Lipinski definition) is 1. The molecule has 140 valence electrons. The highest BCUT2D eigenvalue weighted by Crippen LogP contribution is 2.25. The van der Waals surface area contributed by atoms with Crippen LogP contribution >= 0.6 is 11.3 Å². The van der Waals surface area contributed by atoms with Gasteiger partial charge in [-0.2, -0.15) is 5.26 Å². The molecule has 2 aromatic carbocycles. The number of hydrogen-bond acceptors (Lipinski definition) is 6. The summed E-state index contributed by atoms with van der Waals surface area (Å²) >= 11 is 1.24. The van der Waals surface area contributed by atoms with Gasteiger partial charge < -0.3 is 4.74 Å². The van der Waals surface area contributed by atoms with Gasteiger partial charge in [0.05, 0.1) is 22.9 Å². The minimum absolute atomic E-state index is 0.0833. The van der Waals surface area contributed by atoms with Crippen molar-refractivity contribution in [3.05, 3.63) is 70.4 Å². The van der Waals surface area contributed by atoms with Crippen molar-refractivity contribution in [2.75, 3.05) is 11.9 Å². The Balaban J connectivity index is 1.57. The summed E-state index contributed by atoms with van der Waals surface area (Å²) < 4.78 is 18.6. The molecular formula is C20H14FN3O3S. The molecule has 1 aromatic heterocycles. The number of carbonyl (C=O) groups excluding carboxylic acids is 2. The van der Waals surface area contributed by atoms with Gasteiger partial charge in [0.1, 0.15) is 5.82 Å². The Bertz CT molecular complexity index is 1070. The molecule has 0 fully saturated rings. The van der Waals surface area contributed by atoms with Gasteiger partial charge in [-0.1, -0.05) is 29.8 Å². The van der Waals surface area contributed by atoms with E-state index >= 15 is 0 Å². The van der Waals surface area contributed by atoms with Crippen LogP contribution in [-0.4, -0.2) is 23.5 Å². The number of aryl methyl sites for hydroxylation is 1. The van der Waals surface area contributed by atoms with Gasteiger partial charge in [-0.05, 0) is 25.1 Å². The molecule has 0 spiro atoms. The molecule has 6 nitrogen and oxygen atoms in total. The number of benzene rings is 2. The zero-order chi connectivity index (χ0) is 20.1. The fraction of sp³-hybridized carbons (Fsp3) is 0.100. The van der Waals surface area contributed by atoms with Crippen LogP contribution in [0.2, 0.25) is 0 Å². The van der Waals surface area contributed by atoms with Gasteiger partial charge in [0.25, 0.3) is 5.91 Å². The molecule has 0 aliphatic heterocycles. The van der Waals surface area contributed by atoms with Crippen molar-refractivity contribution in [2.24, 2.45) is 0 Å². The molecule has 0 saturated carbocycles. The number of rotatable bonds is 5. The Morgan fingerprint density at radius 2 is 2.00 bits per heavy atom. The van der Waals surface area contributed by atoms with Crippen molar-refractivity contribution in [3.63, 3.8) is 0 Å². The maximum Gasteiger partial charge on any atom is 0.341 e. The SMILES string of the molecule is Cc1ccc(-c2csc(NC(=O)COC(=O)c3ccc(C#N)cc3F)n2)cc1. The first-order valence-electron chi connectivity index (χ1n) is 8.15. The standard InChI is InChI=1S/C20H14FN3O3S/c1-12-2-5-14(6-3-12)17-11-28-20(23-17)24-18(25)10-27-19(26)15-7-4-13(9-22)8-16(15)21/h2-8,11H,10H2,1H3,(H,23,24,25). The van der Waals surface area contributed by atoms with E-state index in [9.17, 15) is 14.0 Å². The number of carbonyl (C=O) groups is 2. The summed E-state index contributed by atoms with van der Waals surface area (Å²) in [5.41, 5.74) is 2.51. The summed E-state index contributed by atoms with van der Waals surface area (Å²) in [4.78, 5) is 28.2. The number of nitrogens with one attached hydrogen (secondary N) is 1. The number of nitriles is 1. The number of esters is 1. The lowest BCUT2D eigenvalue weighted by Gasteiger charge is -2.05. The number of ether oxygens (including phenoxy) is 1. The van der Waals surface area contributed by atoms with Crippen molar-refractivity contribution in [3.8, 4) is 17.3 Å². The van der Waals surface area contributed by atoms with Crippen LogP contribution in [0.4, 0.5) is 9.52 Å². The second kappa shape index (κ2) is 8.41. The first-order valence-corrected chi connectivity index (χ1v) is 9.03. The highest BCUT2D eigenvalue weighted by molar-refractivity contribution is 7.14. The second-order valence-electron chi connectivity index (χ2n) is 5.83. The van der Waals surface area contributed by atoms with Crippen LogP contribution in [0.3, 0.4) is 0 Å². The Morgan fingerprint density at radius 1 is 1.25 bits per heavy atom. The van der Waals surface area contributed by atoms with Gasteiger partial charge in [-0.3, -0.25) is 10.1 Å². The Labute approximate surface area is 164 Å². The quantitative estimate of drug-likeness (QED) is 0.661. The van der Waals surface area contributed by atoms with Crippen LogP contribution in [0.15, 0.2) is 47.8 Å². The molecule has 0 aliphatic rings. The van der Waals surface area contributed by atoms with E-state index in [4.69, 9.17) is 10.00 Å². The molecule has 3 rings (SSSR count). The zero-order valence-corrected chi connectivity index (χ0v) is 15.5. The van der Waals surface area contributed by atoms with E-state index in [0.717, 1.165) is 29.0 Å². The van der Waals surface area contributed by atoms with E-state index in [-0.39, 0.29) is 11.1 Å². The van der Waals surface area contributed by atoms with Crippen molar-refractivity contribution >= 4 is 28.3 Å². The van der Waals surface area contributed by atoms with Crippen molar-refractivity contribution in [1.82, 2.24) is 4.98 Å². The zero-order valence-electron chi connectivity index (χ0n) is 14.7. The molecule has 28 heavy (non-hydrogen) atoms. The molecule has 0 atom stereocenters. The van der Waals surface area contributed by atoms with Crippen LogP contribution in [0, 0.1) is 24.1 Å². The fourth-order valence-corrected chi connectivity index (χ4v) is 3.04. The highest BCUT2D eigenvalue weighted by atomic mass is 32.1. The van der Waals surface area contributed by atoms with Crippen LogP contribution < -0.4 is 5.32 Å². The van der Waals surface area contributed by atoms with Gasteiger partial charge in [0.2, 0.25) is 0 Å². The van der Waals surface area contributed by atoms with E-state index in [1.54, 1.807) is 11.4 Å². The Kier molecular flexibility index (Phi) is 5.77. The second-order valence-corrected chi connectivity index (χ2v) is 6.69. The van der Waals surface area contributed by atoms with Gasteiger partial charge in [0, 0.05) is 10.9 Å². The largest absolute Gasteiger partial charge is 0.452 e. The van der Waals surface area contributed by atoms with Crippen LogP contribution in [0.5, 0.6) is 0 Å². The van der Waals surface area contributed by atoms with Crippen LogP contribution in [0.25, 0.3) is 11.3 Å². The van der Waals surface area contributed by atoms with Crippen molar-refractivity contribution in [2.45, 2.75) is 6.92 Å². The summed E-state index contributed by atoms with van der Waals surface area (Å²) in [6.07, 6.45) is 0. The Morgan fingerprint density at radius 3 is 2.68 bits per heavy atom. The predicted molar refractivity (Wildman–Crippen MR) is 102 cm³/mol. The van der Waals surface area contributed by atoms with Crippen LogP contribution in [0.1, 0.15) is 21.5 Å². The van der Waals surface area contributed by atoms with Gasteiger partial charge >= 0.3 is 5.97 Å². The molecule has 0 radical (unpaired) electrons. The molecule has 0 aliphatic carbocycles. The van der Waals surface area contributed by atoms with E-state index < -0.39 is 24.3 Å². The number of amides is 1.